The van der Waals surface area contributed by atoms with Crippen molar-refractivity contribution in [2.24, 2.45) is 0 Å². The molecular weight excluding hydrogens is 520 g/mol. The summed E-state index contributed by atoms with van der Waals surface area (Å²) in [5, 5.41) is 18.9. The zero-order valence-electron chi connectivity index (χ0n) is 23.4. The molecule has 1 aromatic heterocycles. The quantitative estimate of drug-likeness (QED) is 0.311. The van der Waals surface area contributed by atoms with Gasteiger partial charge in [0.05, 0.1) is 7.11 Å². The molecule has 0 amide bonds. The summed E-state index contributed by atoms with van der Waals surface area (Å²) in [6, 6.07) is 3.89. The predicted molar refractivity (Wildman–Crippen MR) is 155 cm³/mol. The molecule has 0 atom stereocenters. The molecule has 12 heteroatoms. The first kappa shape index (κ1) is 31.3. The molecule has 0 radical (unpaired) electrons. The Morgan fingerprint density at radius 3 is 2.55 bits per heavy atom. The number of methoxy groups -OCH3 is 1. The summed E-state index contributed by atoms with van der Waals surface area (Å²) in [7, 11) is 5.21. The van der Waals surface area contributed by atoms with Crippen LogP contribution < -0.4 is 25.6 Å². The van der Waals surface area contributed by atoms with Gasteiger partial charge < -0.3 is 35.8 Å². The van der Waals surface area contributed by atoms with Gasteiger partial charge in [-0.25, -0.2) is 18.7 Å². The average Bonchev–Trinajstić information content (AvgIpc) is 2.97. The second-order valence-electron chi connectivity index (χ2n) is 9.85. The lowest BCUT2D eigenvalue weighted by Crippen LogP contribution is -2.44. The SMILES string of the molecule is CNC.COc1ncc(-c2cc3c(cc2C(F)F)N(C(=N)C2=C(NC4CCOCC4)CCNC2)CCC3)cn1.O.[HH]. The van der Waals surface area contributed by atoms with Gasteiger partial charge in [-0.3, -0.25) is 5.41 Å². The van der Waals surface area contributed by atoms with Crippen molar-refractivity contribution in [2.75, 3.05) is 59.0 Å². The van der Waals surface area contributed by atoms with Crippen LogP contribution in [0.25, 0.3) is 11.1 Å². The summed E-state index contributed by atoms with van der Waals surface area (Å²) >= 11 is 0. The lowest BCUT2D eigenvalue weighted by atomic mass is 9.92. The van der Waals surface area contributed by atoms with Crippen LogP contribution in [0.2, 0.25) is 0 Å². The Hall–Kier alpha value is -3.19. The Bertz CT molecular complexity index is 1160. The van der Waals surface area contributed by atoms with Gasteiger partial charge in [-0.05, 0) is 63.0 Å². The fourth-order valence-corrected chi connectivity index (χ4v) is 5.19. The number of anilines is 1. The molecule has 6 N–H and O–H groups in total. The Kier molecular flexibility index (Phi) is 11.7. The smallest absolute Gasteiger partial charge is 0.316 e. The van der Waals surface area contributed by atoms with E-state index in [9.17, 15) is 8.78 Å². The molecule has 1 aromatic carbocycles. The highest BCUT2D eigenvalue weighted by atomic mass is 19.3. The van der Waals surface area contributed by atoms with Gasteiger partial charge in [0.25, 0.3) is 6.43 Å². The van der Waals surface area contributed by atoms with E-state index in [2.05, 4.69) is 25.9 Å². The molecule has 1 saturated heterocycles. The number of aryl methyl sites for hydroxylation is 1. The fraction of sp³-hybridized carbons (Fsp3) is 0.536. The van der Waals surface area contributed by atoms with Gasteiger partial charge >= 0.3 is 6.01 Å². The van der Waals surface area contributed by atoms with Crippen LogP contribution in [0, 0.1) is 5.41 Å². The van der Waals surface area contributed by atoms with Crippen LogP contribution in [0.15, 0.2) is 35.8 Å². The topological polar surface area (TPSA) is 139 Å². The molecule has 222 valence electrons. The fourth-order valence-electron chi connectivity index (χ4n) is 5.19. The molecule has 4 heterocycles. The van der Waals surface area contributed by atoms with Crippen LogP contribution in [0.1, 0.15) is 44.7 Å². The van der Waals surface area contributed by atoms with Gasteiger partial charge in [0.2, 0.25) is 0 Å². The van der Waals surface area contributed by atoms with Crippen LogP contribution in [-0.2, 0) is 11.2 Å². The lowest BCUT2D eigenvalue weighted by molar-refractivity contribution is 0.0800. The Morgan fingerprint density at radius 2 is 1.90 bits per heavy atom. The van der Waals surface area contributed by atoms with Crippen molar-refractivity contribution < 1.29 is 25.2 Å². The normalized spacial score (nSPS) is 17.4. The summed E-state index contributed by atoms with van der Waals surface area (Å²) in [6.07, 6.45) is 4.65. The van der Waals surface area contributed by atoms with E-state index in [0.717, 1.165) is 68.7 Å². The number of hydrogen-bond acceptors (Lipinski definition) is 8. The van der Waals surface area contributed by atoms with E-state index in [1.165, 1.54) is 19.5 Å². The molecule has 0 bridgehead atoms. The van der Waals surface area contributed by atoms with Crippen LogP contribution >= 0.6 is 0 Å². The summed E-state index contributed by atoms with van der Waals surface area (Å²) in [4.78, 5) is 10.1. The van der Waals surface area contributed by atoms with E-state index in [1.54, 1.807) is 6.07 Å². The maximum absolute atomic E-state index is 14.3. The summed E-state index contributed by atoms with van der Waals surface area (Å²) < 4.78 is 39.0. The van der Waals surface area contributed by atoms with E-state index in [4.69, 9.17) is 14.9 Å². The number of fused-ring (bicyclic) bond motifs is 1. The van der Waals surface area contributed by atoms with Gasteiger partial charge in [-0.1, -0.05) is 0 Å². The van der Waals surface area contributed by atoms with Gasteiger partial charge in [-0.15, -0.1) is 0 Å². The molecule has 0 saturated carbocycles. The molecule has 40 heavy (non-hydrogen) atoms. The van der Waals surface area contributed by atoms with E-state index >= 15 is 0 Å². The number of aromatic nitrogens is 2. The third-order valence-electron chi connectivity index (χ3n) is 7.10. The van der Waals surface area contributed by atoms with Gasteiger partial charge in [0.1, 0.15) is 5.84 Å². The van der Waals surface area contributed by atoms with Crippen molar-refractivity contribution in [3.8, 4) is 17.1 Å². The Balaban J connectivity index is 0.00000113. The molecular formula is C28H43F2N7O3. The molecule has 2 aromatic rings. The first-order valence-electron chi connectivity index (χ1n) is 13.5. The van der Waals surface area contributed by atoms with Crippen molar-refractivity contribution >= 4 is 11.5 Å². The van der Waals surface area contributed by atoms with Gasteiger partial charge in [0, 0.05) is 87.2 Å². The second kappa shape index (κ2) is 15.0. The van der Waals surface area contributed by atoms with Gasteiger partial charge in [0.15, 0.2) is 0 Å². The highest BCUT2D eigenvalue weighted by molar-refractivity contribution is 6.09. The van der Waals surface area contributed by atoms with E-state index < -0.39 is 6.43 Å². The molecule has 5 rings (SSSR count). The van der Waals surface area contributed by atoms with Crippen LogP contribution in [0.4, 0.5) is 14.5 Å². The third-order valence-corrected chi connectivity index (χ3v) is 7.10. The van der Waals surface area contributed by atoms with E-state index in [1.807, 2.05) is 25.1 Å². The Labute approximate surface area is 235 Å². The molecule has 10 nitrogen and oxygen atoms in total. The molecule has 1 fully saturated rings. The highest BCUT2D eigenvalue weighted by Crippen LogP contribution is 2.39. The number of hydrogen-bond donors (Lipinski definition) is 4. The number of nitrogens with one attached hydrogen (secondary N) is 4. The zero-order valence-corrected chi connectivity index (χ0v) is 23.4. The second-order valence-corrected chi connectivity index (χ2v) is 9.85. The molecule has 0 aliphatic carbocycles. The van der Waals surface area contributed by atoms with Crippen molar-refractivity contribution in [3.63, 3.8) is 0 Å². The Morgan fingerprint density at radius 1 is 1.20 bits per heavy atom. The number of amidine groups is 1. The number of benzene rings is 1. The summed E-state index contributed by atoms with van der Waals surface area (Å²) in [5.41, 5.74) is 4.47. The minimum atomic E-state index is -2.67. The number of halogens is 2. The monoisotopic (exact) mass is 563 g/mol. The highest BCUT2D eigenvalue weighted by Gasteiger charge is 2.29. The van der Waals surface area contributed by atoms with E-state index in [-0.39, 0.29) is 18.5 Å². The van der Waals surface area contributed by atoms with Crippen molar-refractivity contribution in [3.05, 3.63) is 46.9 Å². The van der Waals surface area contributed by atoms with Crippen LogP contribution in [0.3, 0.4) is 0 Å². The van der Waals surface area contributed by atoms with Crippen molar-refractivity contribution in [1.29, 1.82) is 5.41 Å². The summed E-state index contributed by atoms with van der Waals surface area (Å²) in [5.74, 6) is 0.374. The number of nitrogens with zero attached hydrogens (tertiary/aromatic N) is 3. The summed E-state index contributed by atoms with van der Waals surface area (Å²) in [6.45, 7) is 3.54. The lowest BCUT2D eigenvalue weighted by Gasteiger charge is -2.36. The van der Waals surface area contributed by atoms with E-state index in [0.29, 0.717) is 41.8 Å². The number of rotatable bonds is 6. The minimum Gasteiger partial charge on any atom is -0.467 e. The third kappa shape index (κ3) is 7.30. The standard InChI is InChI=1S/C26H32F2N6O2.C2H7N.H2O.H2/c1-35-26-31-13-17(14-32-26)19-11-16-3-2-8-34(23(16)12-20(19)24(27)28)25(29)21-15-30-7-4-22(21)33-18-5-9-36-10-6-18;1-3-2;;/h11-14,18,24,29-30,33H,2-10,15H2,1H3;3H,1-2H3;1H2;1H. The van der Waals surface area contributed by atoms with Crippen LogP contribution in [-0.4, -0.2) is 81.4 Å². The maximum atomic E-state index is 14.3. The van der Waals surface area contributed by atoms with Crippen LogP contribution in [0.5, 0.6) is 6.01 Å². The largest absolute Gasteiger partial charge is 0.467 e. The molecule has 0 spiro atoms. The molecule has 3 aliphatic heterocycles. The number of ether oxygens (including phenoxy) is 2. The first-order chi connectivity index (χ1) is 19.0. The minimum absolute atomic E-state index is 0. The predicted octanol–water partition coefficient (Wildman–Crippen LogP) is 3.09. The first-order valence-corrected chi connectivity index (χ1v) is 13.5. The van der Waals surface area contributed by atoms with Gasteiger partial charge in [-0.2, -0.15) is 0 Å². The average molecular weight is 564 g/mol. The maximum Gasteiger partial charge on any atom is 0.316 e. The van der Waals surface area contributed by atoms with Crippen molar-refractivity contribution in [1.82, 2.24) is 25.9 Å². The molecule has 3 aliphatic rings. The molecule has 0 unspecified atom stereocenters. The van der Waals surface area contributed by atoms with Crippen molar-refractivity contribution in [2.45, 2.75) is 44.6 Å². The zero-order chi connectivity index (χ0) is 27.8. The number of alkyl halides is 2.